The van der Waals surface area contributed by atoms with E-state index in [0.29, 0.717) is 16.4 Å². The molecule has 3 aromatic rings. The normalized spacial score (nSPS) is 11.1. The molecule has 0 aliphatic carbocycles. The highest BCUT2D eigenvalue weighted by atomic mass is 35.5. The Morgan fingerprint density at radius 1 is 0.889 bits per heavy atom. The summed E-state index contributed by atoms with van der Waals surface area (Å²) in [6, 6.07) is 11.0. The van der Waals surface area contributed by atoms with E-state index in [2.05, 4.69) is 20.6 Å². The van der Waals surface area contributed by atoms with Gasteiger partial charge in [0.25, 0.3) is 5.91 Å². The summed E-state index contributed by atoms with van der Waals surface area (Å²) >= 11 is 5.78. The lowest BCUT2D eigenvalue weighted by Crippen LogP contribution is -2.13. The van der Waals surface area contributed by atoms with Gasteiger partial charge in [0.1, 0.15) is 0 Å². The first-order chi connectivity index (χ1) is 12.8. The molecule has 2 aromatic carbocycles. The Morgan fingerprint density at radius 3 is 2.00 bits per heavy atom. The van der Waals surface area contributed by atoms with Gasteiger partial charge in [-0.05, 0) is 48.5 Å². The monoisotopic (exact) mass is 392 g/mol. The van der Waals surface area contributed by atoms with Crippen LogP contribution in [0.25, 0.3) is 0 Å². The maximum absolute atomic E-state index is 12.6. The van der Waals surface area contributed by atoms with Gasteiger partial charge < -0.3 is 10.6 Å². The second-order valence-corrected chi connectivity index (χ2v) is 5.89. The lowest BCUT2D eigenvalue weighted by molar-refractivity contribution is -0.137. The van der Waals surface area contributed by atoms with Crippen molar-refractivity contribution < 1.29 is 18.0 Å². The smallest absolute Gasteiger partial charge is 0.324 e. The molecular formula is C18H12ClF3N4O. The zero-order valence-electron chi connectivity index (χ0n) is 13.6. The van der Waals surface area contributed by atoms with Crippen LogP contribution in [0, 0.1) is 0 Å². The summed E-state index contributed by atoms with van der Waals surface area (Å²) in [6.07, 6.45) is -1.77. The first-order valence-electron chi connectivity index (χ1n) is 7.64. The fourth-order valence-corrected chi connectivity index (χ4v) is 2.24. The Kier molecular flexibility index (Phi) is 5.27. The van der Waals surface area contributed by atoms with Crippen LogP contribution in [0.5, 0.6) is 0 Å². The van der Waals surface area contributed by atoms with E-state index in [1.54, 1.807) is 24.3 Å². The number of nitrogens with one attached hydrogen (secondary N) is 2. The lowest BCUT2D eigenvalue weighted by atomic mass is 10.2. The molecule has 2 N–H and O–H groups in total. The lowest BCUT2D eigenvalue weighted by Gasteiger charge is -2.09. The number of carbonyl (C=O) groups excluding carboxylic acids is 1. The molecule has 9 heteroatoms. The molecule has 27 heavy (non-hydrogen) atoms. The number of anilines is 3. The highest BCUT2D eigenvalue weighted by Gasteiger charge is 2.29. The topological polar surface area (TPSA) is 66.9 Å². The molecule has 0 saturated heterocycles. The number of hydrogen-bond donors (Lipinski definition) is 2. The Morgan fingerprint density at radius 2 is 1.44 bits per heavy atom. The molecule has 0 saturated carbocycles. The van der Waals surface area contributed by atoms with Gasteiger partial charge in [-0.1, -0.05) is 11.6 Å². The average molecular weight is 393 g/mol. The summed E-state index contributed by atoms with van der Waals surface area (Å²) < 4.78 is 37.7. The van der Waals surface area contributed by atoms with Crippen molar-refractivity contribution in [3.63, 3.8) is 0 Å². The maximum atomic E-state index is 12.6. The molecule has 0 aliphatic heterocycles. The molecule has 1 aromatic heterocycles. The maximum Gasteiger partial charge on any atom is 0.416 e. The summed E-state index contributed by atoms with van der Waals surface area (Å²) in [5.74, 6) is -0.254. The third-order valence-electron chi connectivity index (χ3n) is 3.48. The molecule has 0 spiro atoms. The van der Waals surface area contributed by atoms with Crippen molar-refractivity contribution in [3.05, 3.63) is 77.1 Å². The summed E-state index contributed by atoms with van der Waals surface area (Å²) in [5.41, 5.74) is 0.434. The van der Waals surface area contributed by atoms with Crippen LogP contribution in [-0.4, -0.2) is 15.9 Å². The SMILES string of the molecule is O=C(Nc1ccc(Cl)cc1)c1cnc(Nc2ccc(C(F)(F)F)cc2)nc1. The van der Waals surface area contributed by atoms with E-state index in [-0.39, 0.29) is 11.5 Å². The van der Waals surface area contributed by atoms with Crippen molar-refractivity contribution in [1.82, 2.24) is 9.97 Å². The number of benzene rings is 2. The molecule has 0 unspecified atom stereocenters. The standard InChI is InChI=1S/C18H12ClF3N4O/c19-13-3-7-14(8-4-13)25-16(27)11-9-23-17(24-10-11)26-15-5-1-12(2-6-15)18(20,21)22/h1-10H,(H,25,27)(H,23,24,26). The number of amides is 1. The van der Waals surface area contributed by atoms with E-state index < -0.39 is 17.6 Å². The van der Waals surface area contributed by atoms with Crippen molar-refractivity contribution in [2.75, 3.05) is 10.6 Å². The minimum atomic E-state index is -4.39. The van der Waals surface area contributed by atoms with Crippen LogP contribution in [0.3, 0.4) is 0 Å². The number of halogens is 4. The molecule has 0 atom stereocenters. The largest absolute Gasteiger partial charge is 0.416 e. The zero-order chi connectivity index (χ0) is 19.4. The number of alkyl halides is 3. The van der Waals surface area contributed by atoms with Gasteiger partial charge in [-0.3, -0.25) is 4.79 Å². The molecule has 0 bridgehead atoms. The fourth-order valence-electron chi connectivity index (χ4n) is 2.12. The molecule has 3 rings (SSSR count). The number of hydrogen-bond acceptors (Lipinski definition) is 4. The van der Waals surface area contributed by atoms with Crippen LogP contribution >= 0.6 is 11.6 Å². The second-order valence-electron chi connectivity index (χ2n) is 5.46. The predicted octanol–water partition coefficient (Wildman–Crippen LogP) is 5.14. The third-order valence-corrected chi connectivity index (χ3v) is 3.74. The first-order valence-corrected chi connectivity index (χ1v) is 8.02. The Hall–Kier alpha value is -3.13. The van der Waals surface area contributed by atoms with Crippen molar-refractivity contribution in [1.29, 1.82) is 0 Å². The van der Waals surface area contributed by atoms with Crippen molar-refractivity contribution >= 4 is 34.8 Å². The Balaban J connectivity index is 1.64. The molecule has 5 nitrogen and oxygen atoms in total. The minimum absolute atomic E-state index is 0.151. The quantitative estimate of drug-likeness (QED) is 0.644. The van der Waals surface area contributed by atoms with Crippen LogP contribution in [0.4, 0.5) is 30.5 Å². The highest BCUT2D eigenvalue weighted by Crippen LogP contribution is 2.30. The fraction of sp³-hybridized carbons (Fsp3) is 0.0556. The molecule has 0 fully saturated rings. The van der Waals surface area contributed by atoms with Crippen molar-refractivity contribution in [2.45, 2.75) is 6.18 Å². The van der Waals surface area contributed by atoms with Crippen molar-refractivity contribution in [3.8, 4) is 0 Å². The third kappa shape index (κ3) is 4.95. The number of aromatic nitrogens is 2. The zero-order valence-corrected chi connectivity index (χ0v) is 14.3. The van der Waals surface area contributed by atoms with Gasteiger partial charge in [0, 0.05) is 28.8 Å². The highest BCUT2D eigenvalue weighted by molar-refractivity contribution is 6.30. The van der Waals surface area contributed by atoms with Gasteiger partial charge in [0.2, 0.25) is 5.95 Å². The van der Waals surface area contributed by atoms with Gasteiger partial charge >= 0.3 is 6.18 Å². The van der Waals surface area contributed by atoms with Gasteiger partial charge in [0.15, 0.2) is 0 Å². The van der Waals surface area contributed by atoms with Gasteiger partial charge in [-0.25, -0.2) is 9.97 Å². The van der Waals surface area contributed by atoms with E-state index in [1.165, 1.54) is 24.5 Å². The van der Waals surface area contributed by atoms with E-state index in [1.807, 2.05) is 0 Å². The van der Waals surface area contributed by atoms with E-state index in [4.69, 9.17) is 11.6 Å². The van der Waals surface area contributed by atoms with Crippen LogP contribution in [-0.2, 0) is 6.18 Å². The number of carbonyl (C=O) groups is 1. The molecule has 0 aliphatic rings. The summed E-state index contributed by atoms with van der Waals surface area (Å²) in [4.78, 5) is 20.1. The van der Waals surface area contributed by atoms with Gasteiger partial charge in [0.05, 0.1) is 11.1 Å². The van der Waals surface area contributed by atoms with E-state index >= 15 is 0 Å². The predicted molar refractivity (Wildman–Crippen MR) is 96.2 cm³/mol. The molecule has 1 heterocycles. The van der Waals surface area contributed by atoms with E-state index in [0.717, 1.165) is 12.1 Å². The van der Waals surface area contributed by atoms with Gasteiger partial charge in [-0.2, -0.15) is 13.2 Å². The average Bonchev–Trinajstić information content (AvgIpc) is 2.64. The van der Waals surface area contributed by atoms with Crippen LogP contribution < -0.4 is 10.6 Å². The number of nitrogens with zero attached hydrogens (tertiary/aromatic N) is 2. The van der Waals surface area contributed by atoms with Crippen molar-refractivity contribution in [2.24, 2.45) is 0 Å². The minimum Gasteiger partial charge on any atom is -0.324 e. The first kappa shape index (κ1) is 18.7. The second kappa shape index (κ2) is 7.63. The van der Waals surface area contributed by atoms with Crippen LogP contribution in [0.2, 0.25) is 5.02 Å². The Labute approximate surface area is 157 Å². The molecule has 138 valence electrons. The van der Waals surface area contributed by atoms with Crippen LogP contribution in [0.15, 0.2) is 60.9 Å². The van der Waals surface area contributed by atoms with Gasteiger partial charge in [-0.15, -0.1) is 0 Å². The molecule has 0 radical (unpaired) electrons. The summed E-state index contributed by atoms with van der Waals surface area (Å²) in [6.45, 7) is 0. The molecular weight excluding hydrogens is 381 g/mol. The Bertz CT molecular complexity index is 927. The summed E-state index contributed by atoms with van der Waals surface area (Å²) in [5, 5.41) is 5.99. The summed E-state index contributed by atoms with van der Waals surface area (Å²) in [7, 11) is 0. The molecule has 1 amide bonds. The number of rotatable bonds is 4. The van der Waals surface area contributed by atoms with E-state index in [9.17, 15) is 18.0 Å². The van der Waals surface area contributed by atoms with Crippen LogP contribution in [0.1, 0.15) is 15.9 Å².